The van der Waals surface area contributed by atoms with E-state index in [1.54, 1.807) is 6.07 Å². The first-order chi connectivity index (χ1) is 10.5. The van der Waals surface area contributed by atoms with Gasteiger partial charge < -0.3 is 15.1 Å². The molecule has 1 N–H and O–H groups in total. The summed E-state index contributed by atoms with van der Waals surface area (Å²) in [5, 5.41) is 3.20. The molecule has 122 valence electrons. The Morgan fingerprint density at radius 2 is 1.95 bits per heavy atom. The molecule has 1 aromatic heterocycles. The third-order valence-electron chi connectivity index (χ3n) is 3.85. The fourth-order valence-corrected chi connectivity index (χ4v) is 2.48. The van der Waals surface area contributed by atoms with E-state index in [-0.39, 0.29) is 5.91 Å². The van der Waals surface area contributed by atoms with Crippen LogP contribution in [0.25, 0.3) is 0 Å². The van der Waals surface area contributed by atoms with Gasteiger partial charge in [0, 0.05) is 38.4 Å². The molecule has 6 nitrogen and oxygen atoms in total. The lowest BCUT2D eigenvalue weighted by molar-refractivity contribution is 0.0637. The van der Waals surface area contributed by atoms with E-state index in [9.17, 15) is 4.79 Å². The third kappa shape index (κ3) is 4.40. The monoisotopic (exact) mass is 305 g/mol. The Bertz CT molecular complexity index is 509. The van der Waals surface area contributed by atoms with E-state index in [0.717, 1.165) is 45.0 Å². The minimum absolute atomic E-state index is 0.00819. The van der Waals surface area contributed by atoms with Gasteiger partial charge in [-0.3, -0.25) is 4.79 Å². The maximum atomic E-state index is 12.6. The number of nitrogens with zero attached hydrogens (tertiary/aromatic N) is 4. The topological polar surface area (TPSA) is 61.4 Å². The maximum Gasteiger partial charge on any atom is 0.272 e. The molecule has 1 aromatic rings. The van der Waals surface area contributed by atoms with Crippen molar-refractivity contribution < 1.29 is 4.79 Å². The van der Waals surface area contributed by atoms with Crippen LogP contribution in [-0.2, 0) is 0 Å². The van der Waals surface area contributed by atoms with E-state index in [1.807, 2.05) is 11.8 Å². The first-order valence-electron chi connectivity index (χ1n) is 8.10. The van der Waals surface area contributed by atoms with Crippen LogP contribution < -0.4 is 5.32 Å². The van der Waals surface area contributed by atoms with Crippen LogP contribution in [0.1, 0.15) is 37.0 Å². The summed E-state index contributed by atoms with van der Waals surface area (Å²) in [5.41, 5.74) is 1.31. The molecule has 1 aliphatic heterocycles. The average molecular weight is 305 g/mol. The molecule has 0 aromatic carbocycles. The summed E-state index contributed by atoms with van der Waals surface area (Å²) < 4.78 is 0. The van der Waals surface area contributed by atoms with Crippen LogP contribution in [0.5, 0.6) is 0 Å². The lowest BCUT2D eigenvalue weighted by atomic mass is 10.2. The molecular weight excluding hydrogens is 278 g/mol. The van der Waals surface area contributed by atoms with E-state index in [2.05, 4.69) is 41.0 Å². The molecular formula is C16H27N5O. The molecule has 0 unspecified atom stereocenters. The Morgan fingerprint density at radius 1 is 1.27 bits per heavy atom. The van der Waals surface area contributed by atoms with Crippen molar-refractivity contribution in [2.45, 2.75) is 27.7 Å². The number of rotatable bonds is 5. The molecule has 0 saturated carbocycles. The molecule has 1 aliphatic rings. The van der Waals surface area contributed by atoms with E-state index in [0.29, 0.717) is 17.6 Å². The zero-order chi connectivity index (χ0) is 16.1. The zero-order valence-corrected chi connectivity index (χ0v) is 14.1. The Kier molecular flexibility index (Phi) is 5.71. The summed E-state index contributed by atoms with van der Waals surface area (Å²) in [4.78, 5) is 25.6. The molecule has 1 amide bonds. The minimum Gasteiger partial charge on any atom is -0.354 e. The molecule has 0 spiro atoms. The number of aromatic nitrogens is 2. The van der Waals surface area contributed by atoms with Crippen molar-refractivity contribution in [1.29, 1.82) is 0 Å². The van der Waals surface area contributed by atoms with Crippen molar-refractivity contribution in [3.05, 3.63) is 17.5 Å². The Hall–Kier alpha value is -1.69. The predicted octanol–water partition coefficient (Wildman–Crippen LogP) is 1.63. The highest BCUT2D eigenvalue weighted by atomic mass is 16.2. The minimum atomic E-state index is 0.00819. The van der Waals surface area contributed by atoms with Crippen LogP contribution in [0.3, 0.4) is 0 Å². The van der Waals surface area contributed by atoms with Crippen LogP contribution >= 0.6 is 0 Å². The highest BCUT2D eigenvalue weighted by molar-refractivity contribution is 5.92. The van der Waals surface area contributed by atoms with Crippen LogP contribution in [-0.4, -0.2) is 64.9 Å². The lowest BCUT2D eigenvalue weighted by Gasteiger charge is -2.33. The summed E-state index contributed by atoms with van der Waals surface area (Å²) >= 11 is 0. The van der Waals surface area contributed by atoms with E-state index >= 15 is 0 Å². The SMILES string of the molecule is CCN1CCN(C(=O)c2cc(C)nc(NCC(C)C)n2)CC1. The van der Waals surface area contributed by atoms with Gasteiger partial charge in [0.05, 0.1) is 0 Å². The number of nitrogens with one attached hydrogen (secondary N) is 1. The van der Waals surface area contributed by atoms with Gasteiger partial charge >= 0.3 is 0 Å². The first kappa shape index (κ1) is 16.7. The van der Waals surface area contributed by atoms with Crippen molar-refractivity contribution in [3.8, 4) is 0 Å². The van der Waals surface area contributed by atoms with Crippen molar-refractivity contribution in [3.63, 3.8) is 0 Å². The number of amides is 1. The van der Waals surface area contributed by atoms with Gasteiger partial charge in [-0.15, -0.1) is 0 Å². The lowest BCUT2D eigenvalue weighted by Crippen LogP contribution is -2.48. The summed E-state index contributed by atoms with van der Waals surface area (Å²) in [6.45, 7) is 13.5. The number of carbonyl (C=O) groups is 1. The van der Waals surface area contributed by atoms with E-state index in [4.69, 9.17) is 0 Å². The number of carbonyl (C=O) groups excluding carboxylic acids is 1. The molecule has 2 rings (SSSR count). The van der Waals surface area contributed by atoms with Crippen LogP contribution in [0.2, 0.25) is 0 Å². The summed E-state index contributed by atoms with van der Waals surface area (Å²) in [5.74, 6) is 1.06. The number of hydrogen-bond acceptors (Lipinski definition) is 5. The normalized spacial score (nSPS) is 16.1. The second-order valence-electron chi connectivity index (χ2n) is 6.22. The van der Waals surface area contributed by atoms with E-state index < -0.39 is 0 Å². The molecule has 2 heterocycles. The molecule has 0 bridgehead atoms. The second kappa shape index (κ2) is 7.54. The largest absolute Gasteiger partial charge is 0.354 e. The van der Waals surface area contributed by atoms with Crippen molar-refractivity contribution in [1.82, 2.24) is 19.8 Å². The Balaban J connectivity index is 2.06. The molecule has 0 aliphatic carbocycles. The number of piperazine rings is 1. The highest BCUT2D eigenvalue weighted by Gasteiger charge is 2.23. The van der Waals surface area contributed by atoms with Crippen LogP contribution in [0.4, 0.5) is 5.95 Å². The quantitative estimate of drug-likeness (QED) is 0.896. The van der Waals surface area contributed by atoms with Crippen molar-refractivity contribution in [2.24, 2.45) is 5.92 Å². The molecule has 0 atom stereocenters. The number of hydrogen-bond donors (Lipinski definition) is 1. The molecule has 6 heteroatoms. The Labute approximate surface area is 132 Å². The predicted molar refractivity (Wildman–Crippen MR) is 88.1 cm³/mol. The smallest absolute Gasteiger partial charge is 0.272 e. The molecule has 1 saturated heterocycles. The Morgan fingerprint density at radius 3 is 2.55 bits per heavy atom. The summed E-state index contributed by atoms with van der Waals surface area (Å²) in [6, 6.07) is 1.77. The van der Waals surface area contributed by atoms with Gasteiger partial charge in [0.1, 0.15) is 5.69 Å². The maximum absolute atomic E-state index is 12.6. The summed E-state index contributed by atoms with van der Waals surface area (Å²) in [6.07, 6.45) is 0. The van der Waals surface area contributed by atoms with Gasteiger partial charge in [0.15, 0.2) is 0 Å². The van der Waals surface area contributed by atoms with Crippen molar-refractivity contribution in [2.75, 3.05) is 44.6 Å². The average Bonchev–Trinajstić information content (AvgIpc) is 2.52. The molecule has 22 heavy (non-hydrogen) atoms. The number of aryl methyl sites for hydroxylation is 1. The van der Waals surface area contributed by atoms with Gasteiger partial charge in [0.2, 0.25) is 5.95 Å². The van der Waals surface area contributed by atoms with Crippen LogP contribution in [0, 0.1) is 12.8 Å². The van der Waals surface area contributed by atoms with Gasteiger partial charge in [0.25, 0.3) is 5.91 Å². The summed E-state index contributed by atoms with van der Waals surface area (Å²) in [7, 11) is 0. The second-order valence-corrected chi connectivity index (χ2v) is 6.22. The number of anilines is 1. The fourth-order valence-electron chi connectivity index (χ4n) is 2.48. The standard InChI is InChI=1S/C16H27N5O/c1-5-20-6-8-21(9-7-20)15(22)14-10-13(4)18-16(19-14)17-11-12(2)3/h10,12H,5-9,11H2,1-4H3,(H,17,18,19). The molecule has 0 radical (unpaired) electrons. The fraction of sp³-hybridized carbons (Fsp3) is 0.688. The van der Waals surface area contributed by atoms with Gasteiger partial charge in [-0.05, 0) is 25.5 Å². The first-order valence-corrected chi connectivity index (χ1v) is 8.10. The van der Waals surface area contributed by atoms with Gasteiger partial charge in [-0.1, -0.05) is 20.8 Å². The van der Waals surface area contributed by atoms with E-state index in [1.165, 1.54) is 0 Å². The number of likely N-dealkylation sites (N-methyl/N-ethyl adjacent to an activating group) is 1. The zero-order valence-electron chi connectivity index (χ0n) is 14.1. The third-order valence-corrected chi connectivity index (χ3v) is 3.85. The van der Waals surface area contributed by atoms with Gasteiger partial charge in [-0.2, -0.15) is 0 Å². The highest BCUT2D eigenvalue weighted by Crippen LogP contribution is 2.11. The molecule has 1 fully saturated rings. The van der Waals surface area contributed by atoms with Gasteiger partial charge in [-0.25, -0.2) is 9.97 Å². The van der Waals surface area contributed by atoms with Crippen LogP contribution in [0.15, 0.2) is 6.07 Å². The van der Waals surface area contributed by atoms with Crippen molar-refractivity contribution >= 4 is 11.9 Å².